The number of thioether (sulfide) groups is 1. The van der Waals surface area contributed by atoms with Crippen LogP contribution in [0.3, 0.4) is 0 Å². The van der Waals surface area contributed by atoms with Gasteiger partial charge in [0.1, 0.15) is 11.3 Å². The standard InChI is InChI=1S/C20H17NO6S/c1-2-25-18(22)12-26-14-9-7-13(8-10-14)11-17(19(23)24)28-20-21-15-5-3-4-6-16(15)27-20/h3-11H,2,12H2,1H3,(H,23,24)/p-1/b17-11+. The number of nitrogens with zero attached hydrogens (tertiary/aromatic N) is 1. The monoisotopic (exact) mass is 398 g/mol. The number of ether oxygens (including phenoxy) is 2. The smallest absolute Gasteiger partial charge is 0.344 e. The van der Waals surface area contributed by atoms with Gasteiger partial charge in [-0.15, -0.1) is 0 Å². The number of fused-ring (bicyclic) bond motifs is 1. The summed E-state index contributed by atoms with van der Waals surface area (Å²) >= 11 is 0.870. The SMILES string of the molecule is CCOC(=O)COc1ccc(/C=C(/Sc2nc3ccccc3o2)C(=O)[O-])cc1. The number of oxazole rings is 1. The van der Waals surface area contributed by atoms with Crippen LogP contribution in [-0.4, -0.2) is 30.1 Å². The van der Waals surface area contributed by atoms with E-state index in [2.05, 4.69) is 4.98 Å². The van der Waals surface area contributed by atoms with Gasteiger partial charge in [-0.25, -0.2) is 9.78 Å². The van der Waals surface area contributed by atoms with Gasteiger partial charge in [0.05, 0.1) is 12.6 Å². The van der Waals surface area contributed by atoms with Crippen LogP contribution >= 0.6 is 11.8 Å². The van der Waals surface area contributed by atoms with Crippen molar-refractivity contribution in [1.82, 2.24) is 4.98 Å². The summed E-state index contributed by atoms with van der Waals surface area (Å²) in [5.74, 6) is -1.33. The molecule has 7 nitrogen and oxygen atoms in total. The summed E-state index contributed by atoms with van der Waals surface area (Å²) < 4.78 is 15.6. The predicted molar refractivity (Wildman–Crippen MR) is 101 cm³/mol. The van der Waals surface area contributed by atoms with Gasteiger partial charge in [0, 0.05) is 4.91 Å². The summed E-state index contributed by atoms with van der Waals surface area (Å²) in [5.41, 5.74) is 1.84. The first kappa shape index (κ1) is 19.5. The number of rotatable bonds is 8. The van der Waals surface area contributed by atoms with Gasteiger partial charge in [-0.3, -0.25) is 0 Å². The Morgan fingerprint density at radius 2 is 1.93 bits per heavy atom. The van der Waals surface area contributed by atoms with Crippen LogP contribution in [0.4, 0.5) is 0 Å². The Labute approximate surface area is 165 Å². The molecule has 28 heavy (non-hydrogen) atoms. The molecule has 0 unspecified atom stereocenters. The fourth-order valence-electron chi connectivity index (χ4n) is 2.28. The fourth-order valence-corrected chi connectivity index (χ4v) is 3.02. The van der Waals surface area contributed by atoms with Gasteiger partial charge < -0.3 is 23.8 Å². The lowest BCUT2D eigenvalue weighted by molar-refractivity contribution is -0.298. The highest BCUT2D eigenvalue weighted by Gasteiger charge is 2.10. The number of esters is 1. The zero-order valence-corrected chi connectivity index (χ0v) is 15.7. The number of benzene rings is 2. The van der Waals surface area contributed by atoms with E-state index in [4.69, 9.17) is 13.9 Å². The third kappa shape index (κ3) is 5.14. The van der Waals surface area contributed by atoms with Crippen LogP contribution in [0.2, 0.25) is 0 Å². The van der Waals surface area contributed by atoms with E-state index in [-0.39, 0.29) is 23.3 Å². The molecule has 1 aromatic heterocycles. The molecule has 0 spiro atoms. The number of carboxylic acid groups (broad SMARTS) is 1. The summed E-state index contributed by atoms with van der Waals surface area (Å²) in [6, 6.07) is 13.7. The van der Waals surface area contributed by atoms with E-state index < -0.39 is 11.9 Å². The van der Waals surface area contributed by atoms with E-state index in [1.54, 1.807) is 43.3 Å². The Balaban J connectivity index is 1.71. The van der Waals surface area contributed by atoms with E-state index >= 15 is 0 Å². The van der Waals surface area contributed by atoms with Gasteiger partial charge in [0.2, 0.25) is 0 Å². The zero-order chi connectivity index (χ0) is 19.9. The lowest BCUT2D eigenvalue weighted by Gasteiger charge is -2.07. The third-order valence-corrected chi connectivity index (χ3v) is 4.37. The van der Waals surface area contributed by atoms with Crippen molar-refractivity contribution < 1.29 is 28.6 Å². The van der Waals surface area contributed by atoms with Crippen molar-refractivity contribution in [3.63, 3.8) is 0 Å². The highest BCUT2D eigenvalue weighted by atomic mass is 32.2. The Kier molecular flexibility index (Phi) is 6.33. The first-order valence-electron chi connectivity index (χ1n) is 8.40. The molecule has 144 valence electrons. The van der Waals surface area contributed by atoms with Crippen LogP contribution in [0.15, 0.2) is 63.1 Å². The minimum Gasteiger partial charge on any atom is -0.544 e. The van der Waals surface area contributed by atoms with Crippen LogP contribution in [0, 0.1) is 0 Å². The quantitative estimate of drug-likeness (QED) is 0.324. The first-order chi connectivity index (χ1) is 13.5. The number of aromatic nitrogens is 1. The molecule has 8 heteroatoms. The fraction of sp³-hybridized carbons (Fsp3) is 0.150. The number of carbonyl (C=O) groups is 2. The molecule has 0 N–H and O–H groups in total. The molecule has 0 fully saturated rings. The Bertz CT molecular complexity index is 976. The first-order valence-corrected chi connectivity index (χ1v) is 9.21. The third-order valence-electron chi connectivity index (χ3n) is 3.51. The average Bonchev–Trinajstić information content (AvgIpc) is 3.09. The molecule has 3 aromatic rings. The van der Waals surface area contributed by atoms with Gasteiger partial charge in [-0.1, -0.05) is 24.3 Å². The van der Waals surface area contributed by atoms with Crippen LogP contribution < -0.4 is 9.84 Å². The molecular weight excluding hydrogens is 382 g/mol. The molecule has 0 saturated carbocycles. The summed E-state index contributed by atoms with van der Waals surface area (Å²) in [6.45, 7) is 1.81. The molecule has 0 radical (unpaired) electrons. The number of para-hydroxylation sites is 2. The van der Waals surface area contributed by atoms with Crippen LogP contribution in [0.1, 0.15) is 12.5 Å². The molecule has 0 aliphatic heterocycles. The maximum absolute atomic E-state index is 11.5. The predicted octanol–water partition coefficient (Wildman–Crippen LogP) is 2.65. The largest absolute Gasteiger partial charge is 0.544 e. The van der Waals surface area contributed by atoms with E-state index in [0.717, 1.165) is 11.8 Å². The van der Waals surface area contributed by atoms with Gasteiger partial charge in [0.25, 0.3) is 5.22 Å². The van der Waals surface area contributed by atoms with Gasteiger partial charge in [-0.2, -0.15) is 0 Å². The second-order valence-corrected chi connectivity index (χ2v) is 6.50. The molecular formula is C20H16NO6S-. The van der Waals surface area contributed by atoms with Gasteiger partial charge in [-0.05, 0) is 54.6 Å². The number of carbonyl (C=O) groups excluding carboxylic acids is 2. The molecule has 0 saturated heterocycles. The van der Waals surface area contributed by atoms with Crippen LogP contribution in [-0.2, 0) is 14.3 Å². The van der Waals surface area contributed by atoms with Crippen LogP contribution in [0.25, 0.3) is 17.2 Å². The molecule has 3 rings (SSSR count). The molecule has 1 heterocycles. The summed E-state index contributed by atoms with van der Waals surface area (Å²) in [4.78, 5) is 27.0. The van der Waals surface area contributed by atoms with E-state index in [9.17, 15) is 14.7 Å². The van der Waals surface area contributed by atoms with Crippen molar-refractivity contribution >= 4 is 40.9 Å². The lowest BCUT2D eigenvalue weighted by Crippen LogP contribution is -2.23. The summed E-state index contributed by atoms with van der Waals surface area (Å²) in [6.07, 6.45) is 1.45. The number of aliphatic carboxylic acids is 1. The van der Waals surface area contributed by atoms with Gasteiger partial charge >= 0.3 is 5.97 Å². The van der Waals surface area contributed by atoms with Crippen molar-refractivity contribution in [3.05, 3.63) is 59.0 Å². The minimum absolute atomic E-state index is 0.0493. The molecule has 0 aliphatic rings. The summed E-state index contributed by atoms with van der Waals surface area (Å²) in [7, 11) is 0. The second-order valence-electron chi connectivity index (χ2n) is 5.51. The molecule has 2 aromatic carbocycles. The second kappa shape index (κ2) is 9.09. The topological polar surface area (TPSA) is 102 Å². The van der Waals surface area contributed by atoms with E-state index in [1.807, 2.05) is 12.1 Å². The van der Waals surface area contributed by atoms with Gasteiger partial charge in [0.15, 0.2) is 12.2 Å². The van der Waals surface area contributed by atoms with Crippen molar-refractivity contribution in [3.8, 4) is 5.75 Å². The average molecular weight is 398 g/mol. The van der Waals surface area contributed by atoms with Crippen LogP contribution in [0.5, 0.6) is 5.75 Å². The molecule has 0 aliphatic carbocycles. The number of hydrogen-bond acceptors (Lipinski definition) is 8. The van der Waals surface area contributed by atoms with E-state index in [1.165, 1.54) is 6.08 Å². The Morgan fingerprint density at radius 3 is 2.61 bits per heavy atom. The zero-order valence-electron chi connectivity index (χ0n) is 14.9. The maximum Gasteiger partial charge on any atom is 0.344 e. The number of carboxylic acids is 1. The van der Waals surface area contributed by atoms with Crippen molar-refractivity contribution in [2.75, 3.05) is 13.2 Å². The summed E-state index contributed by atoms with van der Waals surface area (Å²) in [5, 5.41) is 11.7. The van der Waals surface area contributed by atoms with Crippen molar-refractivity contribution in [2.45, 2.75) is 12.1 Å². The van der Waals surface area contributed by atoms with Crippen molar-refractivity contribution in [2.24, 2.45) is 0 Å². The van der Waals surface area contributed by atoms with E-state index in [0.29, 0.717) is 22.4 Å². The van der Waals surface area contributed by atoms with Crippen molar-refractivity contribution in [1.29, 1.82) is 0 Å². The lowest BCUT2D eigenvalue weighted by atomic mass is 10.2. The molecule has 0 atom stereocenters. The molecule has 0 bridgehead atoms. The highest BCUT2D eigenvalue weighted by Crippen LogP contribution is 2.30. The minimum atomic E-state index is -1.34. The Morgan fingerprint density at radius 1 is 1.18 bits per heavy atom. The maximum atomic E-state index is 11.5. The Hall–Kier alpha value is -3.26. The highest BCUT2D eigenvalue weighted by molar-refractivity contribution is 8.03. The molecule has 0 amide bonds. The number of hydrogen-bond donors (Lipinski definition) is 0. The normalized spacial score (nSPS) is 11.4.